The van der Waals surface area contributed by atoms with Crippen LogP contribution in [0.5, 0.6) is 0 Å². The molecule has 2 saturated carbocycles. The predicted octanol–water partition coefficient (Wildman–Crippen LogP) is 1.53. The maximum absolute atomic E-state index is 12.6. The summed E-state index contributed by atoms with van der Waals surface area (Å²) in [4.78, 5) is 15.1. The average Bonchev–Trinajstić information content (AvgIpc) is 2.66. The van der Waals surface area contributed by atoms with Gasteiger partial charge >= 0.3 is 0 Å². The molecule has 4 atom stereocenters. The molecule has 4 unspecified atom stereocenters. The Hall–Kier alpha value is -0.410. The minimum Gasteiger partial charge on any atom is -0.314 e. The molecule has 18 heavy (non-hydrogen) atoms. The highest BCUT2D eigenvalue weighted by Gasteiger charge is 2.48. The quantitative estimate of drug-likeness (QED) is 0.807. The van der Waals surface area contributed by atoms with Gasteiger partial charge in [-0.3, -0.25) is 4.79 Å². The van der Waals surface area contributed by atoms with Gasteiger partial charge in [0.2, 0.25) is 0 Å². The van der Waals surface area contributed by atoms with Crippen molar-refractivity contribution in [2.24, 2.45) is 23.7 Å². The molecule has 0 aromatic heterocycles. The fourth-order valence-electron chi connectivity index (χ4n) is 4.40. The molecule has 3 rings (SSSR count). The minimum absolute atomic E-state index is 0.330. The van der Waals surface area contributed by atoms with E-state index >= 15 is 0 Å². The van der Waals surface area contributed by atoms with E-state index in [1.165, 1.54) is 25.7 Å². The molecular weight excluding hydrogens is 224 g/mol. The van der Waals surface area contributed by atoms with Crippen molar-refractivity contribution in [3.8, 4) is 0 Å². The Labute approximate surface area is 110 Å². The Morgan fingerprint density at radius 3 is 2.67 bits per heavy atom. The van der Waals surface area contributed by atoms with Crippen molar-refractivity contribution < 1.29 is 4.79 Å². The van der Waals surface area contributed by atoms with Gasteiger partial charge in [-0.05, 0) is 24.7 Å². The topological polar surface area (TPSA) is 32.3 Å². The zero-order chi connectivity index (χ0) is 12.5. The highest BCUT2D eigenvalue weighted by molar-refractivity contribution is 5.86. The van der Waals surface area contributed by atoms with Gasteiger partial charge in [-0.1, -0.05) is 19.8 Å². The molecule has 1 saturated heterocycles. The predicted molar refractivity (Wildman–Crippen MR) is 72.4 cm³/mol. The lowest BCUT2D eigenvalue weighted by Gasteiger charge is -2.31. The summed E-state index contributed by atoms with van der Waals surface area (Å²) in [5, 5.41) is 3.39. The van der Waals surface area contributed by atoms with E-state index in [1.807, 2.05) is 0 Å². The number of hydrogen-bond donors (Lipinski definition) is 1. The molecule has 1 heterocycles. The Bertz CT molecular complexity index is 312. The molecule has 0 aromatic rings. The fraction of sp³-hybridized carbons (Fsp3) is 0.933. The standard InChI is InChI=1S/C15H26N2O/c1-11-12-4-2-3-5-13(12)15(18)14(11)10-17-8-6-16-7-9-17/h11-14,16H,2-10H2,1H3. The second-order valence-corrected chi connectivity index (χ2v) is 6.47. The van der Waals surface area contributed by atoms with Crippen molar-refractivity contribution in [3.63, 3.8) is 0 Å². The molecule has 0 bridgehead atoms. The third-order valence-corrected chi connectivity index (χ3v) is 5.52. The van der Waals surface area contributed by atoms with Crippen LogP contribution in [0.1, 0.15) is 32.6 Å². The van der Waals surface area contributed by atoms with Crippen LogP contribution in [0.3, 0.4) is 0 Å². The maximum atomic E-state index is 12.6. The number of carbonyl (C=O) groups excluding carboxylic acids is 1. The first kappa shape index (κ1) is 12.6. The van der Waals surface area contributed by atoms with E-state index in [4.69, 9.17) is 0 Å². The summed E-state index contributed by atoms with van der Waals surface area (Å²) >= 11 is 0. The van der Waals surface area contributed by atoms with Crippen molar-refractivity contribution in [1.29, 1.82) is 0 Å². The minimum atomic E-state index is 0.330. The Morgan fingerprint density at radius 2 is 1.94 bits per heavy atom. The number of carbonyl (C=O) groups is 1. The van der Waals surface area contributed by atoms with Crippen LogP contribution in [-0.4, -0.2) is 43.4 Å². The first-order valence-corrected chi connectivity index (χ1v) is 7.74. The molecule has 3 nitrogen and oxygen atoms in total. The lowest BCUT2D eigenvalue weighted by Crippen LogP contribution is -2.46. The SMILES string of the molecule is CC1C(CN2CCNCC2)C(=O)C2CCCCC21. The second-order valence-electron chi connectivity index (χ2n) is 6.47. The first-order chi connectivity index (χ1) is 8.77. The summed E-state index contributed by atoms with van der Waals surface area (Å²) in [6.07, 6.45) is 5.10. The maximum Gasteiger partial charge on any atom is 0.140 e. The number of fused-ring (bicyclic) bond motifs is 1. The lowest BCUT2D eigenvalue weighted by molar-refractivity contribution is -0.125. The number of nitrogens with one attached hydrogen (secondary N) is 1. The number of piperazine rings is 1. The van der Waals surface area contributed by atoms with Crippen LogP contribution in [-0.2, 0) is 4.79 Å². The fourth-order valence-corrected chi connectivity index (χ4v) is 4.40. The van der Waals surface area contributed by atoms with Crippen molar-refractivity contribution in [2.45, 2.75) is 32.6 Å². The van der Waals surface area contributed by atoms with E-state index in [0.717, 1.165) is 32.7 Å². The molecule has 3 aliphatic rings. The Morgan fingerprint density at radius 1 is 1.22 bits per heavy atom. The van der Waals surface area contributed by atoms with E-state index in [2.05, 4.69) is 17.1 Å². The number of hydrogen-bond acceptors (Lipinski definition) is 3. The zero-order valence-electron chi connectivity index (χ0n) is 11.5. The van der Waals surface area contributed by atoms with Crippen LogP contribution < -0.4 is 5.32 Å². The van der Waals surface area contributed by atoms with E-state index in [0.29, 0.717) is 29.5 Å². The van der Waals surface area contributed by atoms with E-state index in [1.54, 1.807) is 0 Å². The van der Waals surface area contributed by atoms with Crippen LogP contribution in [0.25, 0.3) is 0 Å². The van der Waals surface area contributed by atoms with Crippen LogP contribution >= 0.6 is 0 Å². The van der Waals surface area contributed by atoms with Gasteiger partial charge in [0.1, 0.15) is 5.78 Å². The van der Waals surface area contributed by atoms with Gasteiger partial charge in [0.15, 0.2) is 0 Å². The van der Waals surface area contributed by atoms with Crippen LogP contribution in [0.4, 0.5) is 0 Å². The molecule has 3 heteroatoms. The van der Waals surface area contributed by atoms with Gasteiger partial charge in [0.05, 0.1) is 0 Å². The lowest BCUT2D eigenvalue weighted by atomic mass is 9.78. The normalized spacial score (nSPS) is 41.9. The number of ketones is 1. The molecular formula is C15H26N2O. The van der Waals surface area contributed by atoms with Gasteiger partial charge in [-0.15, -0.1) is 0 Å². The Balaban J connectivity index is 1.66. The van der Waals surface area contributed by atoms with Crippen LogP contribution in [0.2, 0.25) is 0 Å². The highest BCUT2D eigenvalue weighted by Crippen LogP contribution is 2.46. The van der Waals surface area contributed by atoms with Crippen molar-refractivity contribution >= 4 is 5.78 Å². The van der Waals surface area contributed by atoms with Gasteiger partial charge in [-0.25, -0.2) is 0 Å². The monoisotopic (exact) mass is 250 g/mol. The van der Waals surface area contributed by atoms with Gasteiger partial charge in [0, 0.05) is 44.6 Å². The molecule has 0 aromatic carbocycles. The zero-order valence-corrected chi connectivity index (χ0v) is 11.5. The van der Waals surface area contributed by atoms with Crippen LogP contribution in [0.15, 0.2) is 0 Å². The van der Waals surface area contributed by atoms with E-state index < -0.39 is 0 Å². The first-order valence-electron chi connectivity index (χ1n) is 7.74. The summed E-state index contributed by atoms with van der Waals surface area (Å²) in [6.45, 7) is 7.76. The molecule has 0 radical (unpaired) electrons. The molecule has 0 spiro atoms. The summed E-state index contributed by atoms with van der Waals surface area (Å²) < 4.78 is 0. The molecule has 1 aliphatic heterocycles. The molecule has 1 N–H and O–H groups in total. The van der Waals surface area contributed by atoms with E-state index in [-0.39, 0.29) is 0 Å². The number of nitrogens with zero attached hydrogens (tertiary/aromatic N) is 1. The third-order valence-electron chi connectivity index (χ3n) is 5.52. The van der Waals surface area contributed by atoms with Crippen molar-refractivity contribution in [2.75, 3.05) is 32.7 Å². The average molecular weight is 250 g/mol. The van der Waals surface area contributed by atoms with Gasteiger partial charge < -0.3 is 10.2 Å². The Kier molecular flexibility index (Phi) is 3.71. The van der Waals surface area contributed by atoms with Gasteiger partial charge in [0.25, 0.3) is 0 Å². The van der Waals surface area contributed by atoms with Crippen LogP contribution in [0, 0.1) is 23.7 Å². The van der Waals surface area contributed by atoms with Crippen molar-refractivity contribution in [1.82, 2.24) is 10.2 Å². The summed E-state index contributed by atoms with van der Waals surface area (Å²) in [6, 6.07) is 0. The summed E-state index contributed by atoms with van der Waals surface area (Å²) in [5.74, 6) is 2.68. The molecule has 102 valence electrons. The number of Topliss-reactive ketones (excluding diaryl/α,β-unsaturated/α-hetero) is 1. The molecule has 0 amide bonds. The summed E-state index contributed by atoms with van der Waals surface area (Å²) in [5.41, 5.74) is 0. The molecule has 2 aliphatic carbocycles. The summed E-state index contributed by atoms with van der Waals surface area (Å²) in [7, 11) is 0. The van der Waals surface area contributed by atoms with Gasteiger partial charge in [-0.2, -0.15) is 0 Å². The third kappa shape index (κ3) is 2.23. The highest BCUT2D eigenvalue weighted by atomic mass is 16.1. The largest absolute Gasteiger partial charge is 0.314 e. The van der Waals surface area contributed by atoms with E-state index in [9.17, 15) is 4.79 Å². The second kappa shape index (κ2) is 5.30. The van der Waals surface area contributed by atoms with Crippen molar-refractivity contribution in [3.05, 3.63) is 0 Å². The smallest absolute Gasteiger partial charge is 0.140 e. The number of rotatable bonds is 2. The molecule has 3 fully saturated rings.